The molecule has 1 rings (SSSR count). The van der Waals surface area contributed by atoms with Crippen molar-refractivity contribution in [2.75, 3.05) is 24.4 Å². The summed E-state index contributed by atoms with van der Waals surface area (Å²) in [6.45, 7) is 1.92. The Hall–Kier alpha value is -1.36. The van der Waals surface area contributed by atoms with Crippen LogP contribution < -0.4 is 10.6 Å². The Morgan fingerprint density at radius 3 is 2.44 bits per heavy atom. The molecule has 1 amide bonds. The standard InChI is InChI=1S/C13H20N2O2S/c1-10(8-9-18(3)17)15-13(16)11-4-6-12(14-2)7-5-11/h4-7,10,14H,8-9H2,1-3H3,(H,15,16). The highest BCUT2D eigenvalue weighted by Gasteiger charge is 2.09. The summed E-state index contributed by atoms with van der Waals surface area (Å²) in [5.41, 5.74) is 1.61. The molecule has 18 heavy (non-hydrogen) atoms. The van der Waals surface area contributed by atoms with E-state index in [1.807, 2.05) is 26.1 Å². The molecule has 4 nitrogen and oxygen atoms in total. The van der Waals surface area contributed by atoms with Gasteiger partial charge in [0.1, 0.15) is 0 Å². The van der Waals surface area contributed by atoms with E-state index in [1.165, 1.54) is 0 Å². The normalized spacial score (nSPS) is 13.7. The van der Waals surface area contributed by atoms with E-state index in [4.69, 9.17) is 0 Å². The van der Waals surface area contributed by atoms with Crippen LogP contribution in [0.15, 0.2) is 24.3 Å². The largest absolute Gasteiger partial charge is 0.388 e. The van der Waals surface area contributed by atoms with Gasteiger partial charge in [-0.25, -0.2) is 0 Å². The third-order valence-corrected chi connectivity index (χ3v) is 3.46. The number of amides is 1. The highest BCUT2D eigenvalue weighted by molar-refractivity contribution is 7.84. The van der Waals surface area contributed by atoms with Gasteiger partial charge in [0.05, 0.1) is 0 Å². The zero-order valence-corrected chi connectivity index (χ0v) is 11.8. The van der Waals surface area contributed by atoms with Gasteiger partial charge in [-0.3, -0.25) is 9.00 Å². The second-order valence-electron chi connectivity index (χ2n) is 4.27. The van der Waals surface area contributed by atoms with Crippen molar-refractivity contribution in [3.8, 4) is 0 Å². The summed E-state index contributed by atoms with van der Waals surface area (Å²) in [5.74, 6) is 0.521. The Morgan fingerprint density at radius 2 is 1.94 bits per heavy atom. The maximum Gasteiger partial charge on any atom is 0.251 e. The van der Waals surface area contributed by atoms with Gasteiger partial charge in [0.15, 0.2) is 0 Å². The fraction of sp³-hybridized carbons (Fsp3) is 0.462. The van der Waals surface area contributed by atoms with Crippen LogP contribution in [0.4, 0.5) is 5.69 Å². The highest BCUT2D eigenvalue weighted by atomic mass is 32.2. The van der Waals surface area contributed by atoms with Gasteiger partial charge in [-0.1, -0.05) is 0 Å². The summed E-state index contributed by atoms with van der Waals surface area (Å²) in [6, 6.07) is 7.32. The Morgan fingerprint density at radius 1 is 1.33 bits per heavy atom. The van der Waals surface area contributed by atoms with E-state index in [2.05, 4.69) is 10.6 Å². The molecule has 0 heterocycles. The zero-order valence-electron chi connectivity index (χ0n) is 11.0. The van der Waals surface area contributed by atoms with Crippen LogP contribution in [-0.4, -0.2) is 35.2 Å². The zero-order chi connectivity index (χ0) is 13.5. The fourth-order valence-corrected chi connectivity index (χ4v) is 2.20. The van der Waals surface area contributed by atoms with Gasteiger partial charge >= 0.3 is 0 Å². The lowest BCUT2D eigenvalue weighted by atomic mass is 10.1. The third-order valence-electron chi connectivity index (χ3n) is 2.65. The third kappa shape index (κ3) is 4.87. The first-order valence-electron chi connectivity index (χ1n) is 5.91. The minimum absolute atomic E-state index is 0.0328. The first-order chi connectivity index (χ1) is 8.52. The Kier molecular flexibility index (Phi) is 5.85. The Bertz CT molecular complexity index is 418. The predicted molar refractivity (Wildman–Crippen MR) is 76.5 cm³/mol. The molecule has 0 saturated carbocycles. The molecule has 2 atom stereocenters. The number of carbonyl (C=O) groups excluding carboxylic acids is 1. The number of nitrogens with one attached hydrogen (secondary N) is 2. The molecule has 0 spiro atoms. The average molecular weight is 268 g/mol. The quantitative estimate of drug-likeness (QED) is 0.824. The van der Waals surface area contributed by atoms with Crippen molar-refractivity contribution in [2.24, 2.45) is 0 Å². The second kappa shape index (κ2) is 7.16. The minimum Gasteiger partial charge on any atom is -0.388 e. The van der Waals surface area contributed by atoms with Crippen molar-refractivity contribution >= 4 is 22.4 Å². The van der Waals surface area contributed by atoms with Crippen LogP contribution in [0.25, 0.3) is 0 Å². The summed E-state index contributed by atoms with van der Waals surface area (Å²) >= 11 is 0. The number of hydrogen-bond acceptors (Lipinski definition) is 3. The summed E-state index contributed by atoms with van der Waals surface area (Å²) in [5, 5.41) is 5.90. The van der Waals surface area contributed by atoms with Gasteiger partial charge in [-0.05, 0) is 37.6 Å². The fourth-order valence-electron chi connectivity index (χ4n) is 1.51. The van der Waals surface area contributed by atoms with Crippen LogP contribution in [0.2, 0.25) is 0 Å². The molecule has 0 aromatic heterocycles. The number of anilines is 1. The molecule has 2 unspecified atom stereocenters. The monoisotopic (exact) mass is 268 g/mol. The molecule has 0 bridgehead atoms. The molecule has 5 heteroatoms. The first-order valence-corrected chi connectivity index (χ1v) is 7.64. The molecule has 0 fully saturated rings. The lowest BCUT2D eigenvalue weighted by molar-refractivity contribution is 0.0939. The highest BCUT2D eigenvalue weighted by Crippen LogP contribution is 2.08. The van der Waals surface area contributed by atoms with Crippen LogP contribution in [0, 0.1) is 0 Å². The lowest BCUT2D eigenvalue weighted by Gasteiger charge is -2.13. The predicted octanol–water partition coefficient (Wildman–Crippen LogP) is 1.62. The van der Waals surface area contributed by atoms with E-state index in [1.54, 1.807) is 18.4 Å². The number of rotatable bonds is 6. The topological polar surface area (TPSA) is 58.2 Å². The van der Waals surface area contributed by atoms with Crippen LogP contribution in [0.1, 0.15) is 23.7 Å². The van der Waals surface area contributed by atoms with Gasteiger partial charge in [0.25, 0.3) is 5.91 Å². The van der Waals surface area contributed by atoms with Crippen molar-refractivity contribution in [3.05, 3.63) is 29.8 Å². The number of hydrogen-bond donors (Lipinski definition) is 2. The van der Waals surface area contributed by atoms with Crippen LogP contribution in [0.3, 0.4) is 0 Å². The SMILES string of the molecule is CNc1ccc(C(=O)NC(C)CCS(C)=O)cc1. The van der Waals surface area contributed by atoms with E-state index in [-0.39, 0.29) is 11.9 Å². The van der Waals surface area contributed by atoms with Gasteiger partial charge in [0, 0.05) is 47.1 Å². The molecule has 0 aliphatic heterocycles. The van der Waals surface area contributed by atoms with Crippen LogP contribution in [0.5, 0.6) is 0 Å². The van der Waals surface area contributed by atoms with Crippen molar-refractivity contribution in [1.29, 1.82) is 0 Å². The molecular weight excluding hydrogens is 248 g/mol. The minimum atomic E-state index is -0.809. The summed E-state index contributed by atoms with van der Waals surface area (Å²) in [6.07, 6.45) is 2.40. The van der Waals surface area contributed by atoms with Crippen LogP contribution in [-0.2, 0) is 10.8 Å². The molecule has 0 saturated heterocycles. The van der Waals surface area contributed by atoms with Gasteiger partial charge < -0.3 is 10.6 Å². The summed E-state index contributed by atoms with van der Waals surface area (Å²) in [4.78, 5) is 11.9. The molecule has 0 radical (unpaired) electrons. The number of benzene rings is 1. The molecule has 100 valence electrons. The van der Waals surface area contributed by atoms with E-state index in [0.29, 0.717) is 11.3 Å². The maximum absolute atomic E-state index is 11.9. The second-order valence-corrected chi connectivity index (χ2v) is 5.82. The lowest BCUT2D eigenvalue weighted by Crippen LogP contribution is -2.33. The number of carbonyl (C=O) groups is 1. The van der Waals surface area contributed by atoms with Gasteiger partial charge in [0.2, 0.25) is 0 Å². The van der Waals surface area contributed by atoms with Gasteiger partial charge in [-0.2, -0.15) is 0 Å². The molecule has 0 aliphatic carbocycles. The van der Waals surface area contributed by atoms with E-state index in [0.717, 1.165) is 12.1 Å². The Labute approximate surface area is 111 Å². The van der Waals surface area contributed by atoms with Crippen molar-refractivity contribution in [1.82, 2.24) is 5.32 Å². The van der Waals surface area contributed by atoms with Crippen LogP contribution >= 0.6 is 0 Å². The summed E-state index contributed by atoms with van der Waals surface area (Å²) in [7, 11) is 1.03. The smallest absolute Gasteiger partial charge is 0.251 e. The molecular formula is C13H20N2O2S. The molecule has 2 N–H and O–H groups in total. The Balaban J connectivity index is 2.50. The molecule has 1 aromatic carbocycles. The average Bonchev–Trinajstić information content (AvgIpc) is 2.36. The van der Waals surface area contributed by atoms with Gasteiger partial charge in [-0.15, -0.1) is 0 Å². The van der Waals surface area contributed by atoms with Crippen molar-refractivity contribution < 1.29 is 9.00 Å². The van der Waals surface area contributed by atoms with E-state index < -0.39 is 10.8 Å². The first kappa shape index (κ1) is 14.7. The van der Waals surface area contributed by atoms with E-state index >= 15 is 0 Å². The van der Waals surface area contributed by atoms with Crippen molar-refractivity contribution in [3.63, 3.8) is 0 Å². The molecule has 1 aromatic rings. The molecule has 0 aliphatic rings. The van der Waals surface area contributed by atoms with Crippen molar-refractivity contribution in [2.45, 2.75) is 19.4 Å². The van der Waals surface area contributed by atoms with E-state index in [9.17, 15) is 9.00 Å². The maximum atomic E-state index is 11.9. The summed E-state index contributed by atoms with van der Waals surface area (Å²) < 4.78 is 11.0.